The molecule has 0 N–H and O–H groups in total. The van der Waals surface area contributed by atoms with Crippen LogP contribution in [0.1, 0.15) is 47.8 Å². The van der Waals surface area contributed by atoms with Crippen LogP contribution in [0.3, 0.4) is 0 Å². The molecule has 176 valence electrons. The van der Waals surface area contributed by atoms with Crippen molar-refractivity contribution >= 4 is 11.5 Å². The van der Waals surface area contributed by atoms with Crippen molar-refractivity contribution < 1.29 is 9.13 Å². The van der Waals surface area contributed by atoms with E-state index in [-0.39, 0.29) is 5.82 Å². The second-order valence-electron chi connectivity index (χ2n) is 9.14. The van der Waals surface area contributed by atoms with E-state index in [4.69, 9.17) is 14.8 Å². The molecule has 0 bridgehead atoms. The van der Waals surface area contributed by atoms with Crippen LogP contribution in [0.5, 0.6) is 5.75 Å². The van der Waals surface area contributed by atoms with Crippen LogP contribution in [0.4, 0.5) is 10.2 Å². The second kappa shape index (κ2) is 9.09. The van der Waals surface area contributed by atoms with E-state index >= 15 is 0 Å². The number of hydrogen-bond acceptors (Lipinski definition) is 4. The Labute approximate surface area is 200 Å². The highest BCUT2D eigenvalue weighted by molar-refractivity contribution is 5.83. The van der Waals surface area contributed by atoms with Crippen molar-refractivity contribution in [3.8, 4) is 16.9 Å². The molecule has 2 aromatic heterocycles. The summed E-state index contributed by atoms with van der Waals surface area (Å²) in [5.41, 5.74) is 8.56. The van der Waals surface area contributed by atoms with E-state index in [1.807, 2.05) is 16.6 Å². The number of aromatic nitrogens is 3. The predicted molar refractivity (Wildman–Crippen MR) is 134 cm³/mol. The average Bonchev–Trinajstić information content (AvgIpc) is 3.40. The minimum absolute atomic E-state index is 0.203. The molecule has 0 spiro atoms. The summed E-state index contributed by atoms with van der Waals surface area (Å²) in [5, 5.41) is 5.02. The summed E-state index contributed by atoms with van der Waals surface area (Å²) in [4.78, 5) is 7.50. The summed E-state index contributed by atoms with van der Waals surface area (Å²) < 4.78 is 21.4. The maximum absolute atomic E-state index is 14.0. The van der Waals surface area contributed by atoms with E-state index in [0.717, 1.165) is 83.1 Å². The minimum atomic E-state index is -0.203. The fraction of sp³-hybridized carbons (Fsp3) is 0.357. The van der Waals surface area contributed by atoms with E-state index in [1.165, 1.54) is 11.6 Å². The Kier molecular flexibility index (Phi) is 5.98. The number of nitrogens with zero attached hydrogens (tertiary/aromatic N) is 4. The Morgan fingerprint density at radius 2 is 1.97 bits per heavy atom. The molecule has 1 aliphatic rings. The van der Waals surface area contributed by atoms with Gasteiger partial charge < -0.3 is 9.64 Å². The Morgan fingerprint density at radius 1 is 1.12 bits per heavy atom. The predicted octanol–water partition coefficient (Wildman–Crippen LogP) is 6.07. The molecule has 5 nitrogen and oxygen atoms in total. The van der Waals surface area contributed by atoms with Gasteiger partial charge in [-0.3, -0.25) is 0 Å². The molecule has 0 saturated carbocycles. The number of anilines is 1. The van der Waals surface area contributed by atoms with Gasteiger partial charge in [-0.05, 0) is 80.5 Å². The lowest BCUT2D eigenvalue weighted by molar-refractivity contribution is 0.414. The fourth-order valence-electron chi connectivity index (χ4n) is 5.18. The third kappa shape index (κ3) is 3.91. The van der Waals surface area contributed by atoms with E-state index in [0.29, 0.717) is 6.54 Å². The highest BCUT2D eigenvalue weighted by Crippen LogP contribution is 2.38. The molecule has 0 radical (unpaired) electrons. The molecular weight excluding hydrogens is 427 g/mol. The highest BCUT2D eigenvalue weighted by Gasteiger charge is 2.27. The molecule has 2 heterocycles. The van der Waals surface area contributed by atoms with Gasteiger partial charge in [-0.2, -0.15) is 9.61 Å². The SMILES string of the molecule is CCCN(Cc1cccc(F)c1)c1c2c(nc3c(-c4ccc(OC)cc4C)c(C)nn13)CCC2. The summed E-state index contributed by atoms with van der Waals surface area (Å²) in [6, 6.07) is 13.0. The number of rotatable bonds is 7. The number of halogens is 1. The molecule has 0 amide bonds. The lowest BCUT2D eigenvalue weighted by Gasteiger charge is -2.27. The first-order valence-corrected chi connectivity index (χ1v) is 12.1. The van der Waals surface area contributed by atoms with Crippen molar-refractivity contribution in [2.24, 2.45) is 0 Å². The van der Waals surface area contributed by atoms with Gasteiger partial charge in [0.2, 0.25) is 0 Å². The maximum atomic E-state index is 14.0. The van der Waals surface area contributed by atoms with E-state index < -0.39 is 0 Å². The van der Waals surface area contributed by atoms with Crippen molar-refractivity contribution in [3.63, 3.8) is 0 Å². The number of benzene rings is 2. The topological polar surface area (TPSA) is 42.7 Å². The number of fused-ring (bicyclic) bond motifs is 2. The van der Waals surface area contributed by atoms with Crippen LogP contribution in [0.15, 0.2) is 42.5 Å². The molecule has 0 aliphatic heterocycles. The van der Waals surface area contributed by atoms with Crippen LogP contribution in [-0.4, -0.2) is 28.3 Å². The number of methoxy groups -OCH3 is 1. The average molecular weight is 459 g/mol. The highest BCUT2D eigenvalue weighted by atomic mass is 19.1. The number of aryl methyl sites for hydroxylation is 3. The molecule has 34 heavy (non-hydrogen) atoms. The van der Waals surface area contributed by atoms with Crippen LogP contribution in [0.2, 0.25) is 0 Å². The van der Waals surface area contributed by atoms with E-state index in [9.17, 15) is 4.39 Å². The third-order valence-corrected chi connectivity index (χ3v) is 6.69. The smallest absolute Gasteiger partial charge is 0.165 e. The van der Waals surface area contributed by atoms with Gasteiger partial charge in [-0.15, -0.1) is 0 Å². The molecule has 2 aromatic carbocycles. The van der Waals surface area contributed by atoms with Gasteiger partial charge in [0, 0.05) is 29.9 Å². The number of hydrogen-bond donors (Lipinski definition) is 0. The van der Waals surface area contributed by atoms with Gasteiger partial charge in [0.15, 0.2) is 5.65 Å². The fourth-order valence-corrected chi connectivity index (χ4v) is 5.18. The molecule has 0 fully saturated rings. The second-order valence-corrected chi connectivity index (χ2v) is 9.14. The van der Waals surface area contributed by atoms with Gasteiger partial charge in [-0.1, -0.05) is 25.1 Å². The molecule has 0 atom stereocenters. The molecule has 5 rings (SSSR count). The van der Waals surface area contributed by atoms with Gasteiger partial charge in [0.25, 0.3) is 0 Å². The van der Waals surface area contributed by atoms with Crippen molar-refractivity contribution in [2.75, 3.05) is 18.6 Å². The lowest BCUT2D eigenvalue weighted by atomic mass is 10.0. The van der Waals surface area contributed by atoms with Crippen LogP contribution in [0, 0.1) is 19.7 Å². The van der Waals surface area contributed by atoms with Gasteiger partial charge >= 0.3 is 0 Å². The van der Waals surface area contributed by atoms with Gasteiger partial charge in [-0.25, -0.2) is 9.37 Å². The quantitative estimate of drug-likeness (QED) is 0.337. The van der Waals surface area contributed by atoms with E-state index in [2.05, 4.69) is 37.8 Å². The molecule has 1 aliphatic carbocycles. The standard InChI is InChI=1S/C28H31FN4O/c1-5-14-32(17-20-8-6-9-21(29)16-20)28-24-10-7-11-25(24)30-27-26(19(3)31-33(27)28)23-13-12-22(34-4)15-18(23)2/h6,8-9,12-13,15-16H,5,7,10-11,14,17H2,1-4H3. The Morgan fingerprint density at radius 3 is 2.71 bits per heavy atom. The summed E-state index contributed by atoms with van der Waals surface area (Å²) >= 11 is 0. The largest absolute Gasteiger partial charge is 0.497 e. The maximum Gasteiger partial charge on any atom is 0.165 e. The van der Waals surface area contributed by atoms with Crippen molar-refractivity contribution in [3.05, 3.63) is 76.4 Å². The normalized spacial score (nSPS) is 12.9. The first-order valence-electron chi connectivity index (χ1n) is 12.1. The molecule has 0 unspecified atom stereocenters. The third-order valence-electron chi connectivity index (χ3n) is 6.69. The number of ether oxygens (including phenoxy) is 1. The first-order chi connectivity index (χ1) is 16.5. The molecule has 4 aromatic rings. The summed E-state index contributed by atoms with van der Waals surface area (Å²) in [6.45, 7) is 7.82. The van der Waals surface area contributed by atoms with Crippen molar-refractivity contribution in [1.29, 1.82) is 0 Å². The zero-order chi connectivity index (χ0) is 23.8. The van der Waals surface area contributed by atoms with Gasteiger partial charge in [0.1, 0.15) is 17.4 Å². The summed E-state index contributed by atoms with van der Waals surface area (Å²) in [5.74, 6) is 1.74. The van der Waals surface area contributed by atoms with Crippen molar-refractivity contribution in [2.45, 2.75) is 53.0 Å². The van der Waals surface area contributed by atoms with Crippen LogP contribution in [0.25, 0.3) is 16.8 Å². The van der Waals surface area contributed by atoms with Crippen LogP contribution < -0.4 is 9.64 Å². The zero-order valence-electron chi connectivity index (χ0n) is 20.4. The van der Waals surface area contributed by atoms with Gasteiger partial charge in [0.05, 0.1) is 12.8 Å². The minimum Gasteiger partial charge on any atom is -0.497 e. The van der Waals surface area contributed by atoms with E-state index in [1.54, 1.807) is 19.2 Å². The Balaban J connectivity index is 1.71. The Hall–Kier alpha value is -3.41. The monoisotopic (exact) mass is 458 g/mol. The molecule has 0 saturated heterocycles. The molecule has 6 heteroatoms. The first kappa shape index (κ1) is 22.4. The van der Waals surface area contributed by atoms with Crippen LogP contribution >= 0.6 is 0 Å². The lowest BCUT2D eigenvalue weighted by Crippen LogP contribution is -2.27. The summed E-state index contributed by atoms with van der Waals surface area (Å²) in [7, 11) is 1.69. The molecular formula is C28H31FN4O. The zero-order valence-corrected chi connectivity index (χ0v) is 20.4. The summed E-state index contributed by atoms with van der Waals surface area (Å²) in [6.07, 6.45) is 4.05. The van der Waals surface area contributed by atoms with Crippen LogP contribution in [-0.2, 0) is 19.4 Å². The Bertz CT molecular complexity index is 1360. The van der Waals surface area contributed by atoms with Crippen molar-refractivity contribution in [1.82, 2.24) is 14.6 Å².